The van der Waals surface area contributed by atoms with Crippen molar-refractivity contribution in [3.8, 4) is 0 Å². The van der Waals surface area contributed by atoms with Gasteiger partial charge in [-0.05, 0) is 39.5 Å². The van der Waals surface area contributed by atoms with Crippen LogP contribution in [0.4, 0.5) is 13.2 Å². The summed E-state index contributed by atoms with van der Waals surface area (Å²) in [6, 6.07) is 4.25. The summed E-state index contributed by atoms with van der Waals surface area (Å²) in [5.41, 5.74) is -0.236. The van der Waals surface area contributed by atoms with E-state index in [0.717, 1.165) is 11.3 Å². The number of furan rings is 1. The van der Waals surface area contributed by atoms with Gasteiger partial charge >= 0.3 is 6.18 Å². The lowest BCUT2D eigenvalue weighted by atomic mass is 10.2. The number of halogens is 4. The van der Waals surface area contributed by atoms with Crippen LogP contribution in [0, 0.1) is 0 Å². The van der Waals surface area contributed by atoms with Gasteiger partial charge in [-0.2, -0.15) is 13.2 Å². The maximum Gasteiger partial charge on any atom is 0.451 e. The van der Waals surface area contributed by atoms with E-state index < -0.39 is 17.8 Å². The normalized spacial score (nSPS) is 12.0. The Hall–Kier alpha value is -1.74. The number of fused-ring (bicyclic) bond motifs is 1. The first-order valence-corrected chi connectivity index (χ1v) is 7.16. The lowest BCUT2D eigenvalue weighted by Gasteiger charge is -2.07. The zero-order chi connectivity index (χ0) is 15.2. The molecule has 0 radical (unpaired) electrons. The summed E-state index contributed by atoms with van der Waals surface area (Å²) in [6.07, 6.45) is -4.73. The molecule has 3 heterocycles. The van der Waals surface area contributed by atoms with Gasteiger partial charge in [0.2, 0.25) is 11.6 Å². The van der Waals surface area contributed by atoms with E-state index in [1.54, 1.807) is 5.38 Å². The zero-order valence-electron chi connectivity index (χ0n) is 9.94. The van der Waals surface area contributed by atoms with Crippen molar-refractivity contribution in [3.63, 3.8) is 0 Å². The molecular weight excluding hydrogens is 373 g/mol. The highest BCUT2D eigenvalue weighted by molar-refractivity contribution is 9.10. The minimum Gasteiger partial charge on any atom is -0.446 e. The van der Waals surface area contributed by atoms with Crippen LogP contribution in [0.15, 0.2) is 32.7 Å². The second kappa shape index (κ2) is 4.92. The summed E-state index contributed by atoms with van der Waals surface area (Å²) in [7, 11) is 0. The third-order valence-corrected chi connectivity index (χ3v) is 3.91. The first-order chi connectivity index (χ1) is 9.86. The largest absolute Gasteiger partial charge is 0.451 e. The van der Waals surface area contributed by atoms with Crippen molar-refractivity contribution in [1.82, 2.24) is 9.97 Å². The molecule has 0 fully saturated rings. The molecule has 0 N–H and O–H groups in total. The molecule has 0 atom stereocenters. The summed E-state index contributed by atoms with van der Waals surface area (Å²) >= 11 is 4.13. The highest BCUT2D eigenvalue weighted by Crippen LogP contribution is 2.31. The van der Waals surface area contributed by atoms with Gasteiger partial charge in [-0.15, -0.1) is 11.3 Å². The van der Waals surface area contributed by atoms with Gasteiger partial charge in [0.1, 0.15) is 5.69 Å². The fraction of sp³-hybridized carbons (Fsp3) is 0.0833. The number of ketones is 1. The fourth-order valence-corrected chi connectivity index (χ4v) is 2.82. The van der Waals surface area contributed by atoms with Crippen LogP contribution in [0.3, 0.4) is 0 Å². The molecule has 0 aliphatic carbocycles. The van der Waals surface area contributed by atoms with Gasteiger partial charge < -0.3 is 4.42 Å². The van der Waals surface area contributed by atoms with Gasteiger partial charge in [0.25, 0.3) is 0 Å². The van der Waals surface area contributed by atoms with Crippen LogP contribution in [0.1, 0.15) is 22.1 Å². The Morgan fingerprint density at radius 3 is 2.62 bits per heavy atom. The fourth-order valence-electron chi connectivity index (χ4n) is 1.70. The smallest absolute Gasteiger partial charge is 0.446 e. The standard InChI is InChI=1S/C12H4BrF3N2O2S/c13-7-2-1-6(20-7)9(19)8-10-5(3-4-21-10)17-11(18-8)12(14,15)16/h1-4H. The van der Waals surface area contributed by atoms with Gasteiger partial charge in [0.15, 0.2) is 10.4 Å². The lowest BCUT2D eigenvalue weighted by molar-refractivity contribution is -0.144. The molecule has 108 valence electrons. The Balaban J connectivity index is 2.21. The molecule has 0 bridgehead atoms. The number of aromatic nitrogens is 2. The molecule has 3 aromatic heterocycles. The third-order valence-electron chi connectivity index (χ3n) is 2.57. The highest BCUT2D eigenvalue weighted by atomic mass is 79.9. The van der Waals surface area contributed by atoms with Crippen LogP contribution >= 0.6 is 27.3 Å². The van der Waals surface area contributed by atoms with E-state index in [1.165, 1.54) is 18.2 Å². The number of hydrogen-bond donors (Lipinski definition) is 0. The lowest BCUT2D eigenvalue weighted by Crippen LogP contribution is -2.15. The molecule has 21 heavy (non-hydrogen) atoms. The maximum absolute atomic E-state index is 12.8. The van der Waals surface area contributed by atoms with Crippen LogP contribution < -0.4 is 0 Å². The number of nitrogens with zero attached hydrogens (tertiary/aromatic N) is 2. The molecule has 3 rings (SSSR count). The van der Waals surface area contributed by atoms with E-state index in [2.05, 4.69) is 25.9 Å². The van der Waals surface area contributed by atoms with Crippen LogP contribution in [0.2, 0.25) is 0 Å². The number of carbonyl (C=O) groups excluding carboxylic acids is 1. The molecule has 0 spiro atoms. The Bertz CT molecular complexity index is 841. The van der Waals surface area contributed by atoms with Crippen molar-refractivity contribution in [3.05, 3.63) is 45.5 Å². The second-order valence-electron chi connectivity index (χ2n) is 3.96. The van der Waals surface area contributed by atoms with E-state index in [9.17, 15) is 18.0 Å². The third kappa shape index (κ3) is 2.58. The van der Waals surface area contributed by atoms with Gasteiger partial charge in [-0.25, -0.2) is 9.97 Å². The van der Waals surface area contributed by atoms with Crippen molar-refractivity contribution in [2.45, 2.75) is 6.18 Å². The monoisotopic (exact) mass is 376 g/mol. The Labute approximate surface area is 127 Å². The van der Waals surface area contributed by atoms with E-state index in [1.807, 2.05) is 0 Å². The predicted molar refractivity (Wildman–Crippen MR) is 72.3 cm³/mol. The predicted octanol–water partition coefficient (Wildman–Crippen LogP) is 4.30. The van der Waals surface area contributed by atoms with Crippen LogP contribution in [0.5, 0.6) is 0 Å². The van der Waals surface area contributed by atoms with Crippen molar-refractivity contribution in [1.29, 1.82) is 0 Å². The molecule has 0 amide bonds. The van der Waals surface area contributed by atoms with Crippen molar-refractivity contribution in [2.75, 3.05) is 0 Å². The van der Waals surface area contributed by atoms with E-state index >= 15 is 0 Å². The van der Waals surface area contributed by atoms with Gasteiger partial charge in [0.05, 0.1) is 10.2 Å². The van der Waals surface area contributed by atoms with Crippen molar-refractivity contribution < 1.29 is 22.4 Å². The molecular formula is C12H4BrF3N2O2S. The molecule has 3 aromatic rings. The molecule has 0 saturated carbocycles. The molecule has 4 nitrogen and oxygen atoms in total. The zero-order valence-corrected chi connectivity index (χ0v) is 12.3. The first kappa shape index (κ1) is 14.2. The summed E-state index contributed by atoms with van der Waals surface area (Å²) in [5.74, 6) is -2.16. The number of alkyl halides is 3. The first-order valence-electron chi connectivity index (χ1n) is 5.49. The van der Waals surface area contributed by atoms with E-state index in [0.29, 0.717) is 9.37 Å². The summed E-state index contributed by atoms with van der Waals surface area (Å²) in [5, 5.41) is 1.55. The summed E-state index contributed by atoms with van der Waals surface area (Å²) in [6.45, 7) is 0. The van der Waals surface area contributed by atoms with E-state index in [4.69, 9.17) is 4.42 Å². The summed E-state index contributed by atoms with van der Waals surface area (Å²) < 4.78 is 44.1. The van der Waals surface area contributed by atoms with Crippen LogP contribution in [0.25, 0.3) is 10.2 Å². The SMILES string of the molecule is O=C(c1ccc(Br)o1)c1nc(C(F)(F)F)nc2ccsc12. The van der Waals surface area contributed by atoms with E-state index in [-0.39, 0.29) is 17.0 Å². The van der Waals surface area contributed by atoms with Gasteiger partial charge in [-0.1, -0.05) is 0 Å². The second-order valence-corrected chi connectivity index (χ2v) is 5.66. The average Bonchev–Trinajstić information content (AvgIpc) is 3.03. The molecule has 0 aliphatic heterocycles. The average molecular weight is 377 g/mol. The van der Waals surface area contributed by atoms with Crippen molar-refractivity contribution >= 4 is 43.3 Å². The number of carbonyl (C=O) groups is 1. The van der Waals surface area contributed by atoms with Crippen LogP contribution in [-0.4, -0.2) is 15.8 Å². The minimum absolute atomic E-state index is 0.0799. The molecule has 0 aromatic carbocycles. The Morgan fingerprint density at radius 1 is 1.24 bits per heavy atom. The molecule has 0 aliphatic rings. The quantitative estimate of drug-likeness (QED) is 0.625. The van der Waals surface area contributed by atoms with Gasteiger partial charge in [-0.3, -0.25) is 4.79 Å². The number of rotatable bonds is 2. The van der Waals surface area contributed by atoms with Gasteiger partial charge in [0, 0.05) is 0 Å². The molecule has 0 saturated heterocycles. The number of hydrogen-bond acceptors (Lipinski definition) is 5. The topological polar surface area (TPSA) is 56.0 Å². The molecule has 9 heteroatoms. The maximum atomic E-state index is 12.8. The Kier molecular flexibility index (Phi) is 3.33. The highest BCUT2D eigenvalue weighted by Gasteiger charge is 2.36. The number of thiophene rings is 1. The minimum atomic E-state index is -4.73. The molecule has 0 unspecified atom stereocenters. The Morgan fingerprint density at radius 2 is 2.00 bits per heavy atom. The summed E-state index contributed by atoms with van der Waals surface area (Å²) in [4.78, 5) is 19.1. The van der Waals surface area contributed by atoms with Crippen molar-refractivity contribution in [2.24, 2.45) is 0 Å². The van der Waals surface area contributed by atoms with Crippen LogP contribution in [-0.2, 0) is 6.18 Å².